The molecule has 2 heteroatoms. The molecule has 0 aliphatic carbocycles. The lowest BCUT2D eigenvalue weighted by Gasteiger charge is -2.31. The first-order valence-electron chi connectivity index (χ1n) is 10.3. The van der Waals surface area contributed by atoms with Crippen LogP contribution in [0, 0.1) is 11.8 Å². The van der Waals surface area contributed by atoms with E-state index in [0.717, 1.165) is 18.6 Å². The van der Waals surface area contributed by atoms with Crippen molar-refractivity contribution in [2.75, 3.05) is 0 Å². The monoisotopic (exact) mass is 367 g/mol. The van der Waals surface area contributed by atoms with Crippen LogP contribution < -0.4 is 10.1 Å². The van der Waals surface area contributed by atoms with E-state index in [2.05, 4.69) is 102 Å². The van der Waals surface area contributed by atoms with Crippen LogP contribution in [0.5, 0.6) is 5.75 Å². The van der Waals surface area contributed by atoms with Gasteiger partial charge in [0.1, 0.15) is 12.0 Å². The molecule has 0 aromatic heterocycles. The Bertz CT molecular complexity index is 704. The third-order valence-electron chi connectivity index (χ3n) is 4.83. The van der Waals surface area contributed by atoms with Gasteiger partial charge in [-0.15, -0.1) is 0 Å². The van der Waals surface area contributed by atoms with E-state index < -0.39 is 0 Å². The molecule has 0 fully saturated rings. The Hall–Kier alpha value is -1.80. The average molecular weight is 368 g/mol. The molecule has 2 aromatic rings. The number of nitrogens with one attached hydrogen (secondary N) is 1. The average Bonchev–Trinajstić information content (AvgIpc) is 2.57. The van der Waals surface area contributed by atoms with Crippen molar-refractivity contribution < 1.29 is 4.74 Å². The van der Waals surface area contributed by atoms with Gasteiger partial charge in [-0.1, -0.05) is 70.2 Å². The molecular formula is C25H37NO. The van der Waals surface area contributed by atoms with Crippen LogP contribution in [0.25, 0.3) is 0 Å². The van der Waals surface area contributed by atoms with Gasteiger partial charge in [-0.05, 0) is 68.2 Å². The molecule has 0 bridgehead atoms. The molecule has 1 unspecified atom stereocenters. The molecule has 1 atom stereocenters. The summed E-state index contributed by atoms with van der Waals surface area (Å²) in [6.45, 7) is 15.6. The Morgan fingerprint density at radius 1 is 0.815 bits per heavy atom. The summed E-state index contributed by atoms with van der Waals surface area (Å²) >= 11 is 0. The molecule has 2 aromatic carbocycles. The van der Waals surface area contributed by atoms with Crippen LogP contribution in [0.2, 0.25) is 0 Å². The molecule has 0 saturated carbocycles. The maximum absolute atomic E-state index is 6.41. The summed E-state index contributed by atoms with van der Waals surface area (Å²) in [4.78, 5) is 0. The van der Waals surface area contributed by atoms with Gasteiger partial charge in [0.15, 0.2) is 0 Å². The van der Waals surface area contributed by atoms with Gasteiger partial charge < -0.3 is 4.74 Å². The largest absolute Gasteiger partial charge is 0.475 e. The highest BCUT2D eigenvalue weighted by Gasteiger charge is 2.23. The fraction of sp³-hybridized carbons (Fsp3) is 0.520. The van der Waals surface area contributed by atoms with Gasteiger partial charge >= 0.3 is 0 Å². The zero-order valence-electron chi connectivity index (χ0n) is 18.2. The van der Waals surface area contributed by atoms with Crippen molar-refractivity contribution in [2.24, 2.45) is 11.8 Å². The SMILES string of the molecule is CC(C)Cc1cccc(OC(C)NC(C)(C)c2ccccc2)c1CC(C)C. The summed E-state index contributed by atoms with van der Waals surface area (Å²) in [7, 11) is 0. The fourth-order valence-electron chi connectivity index (χ4n) is 3.66. The first-order chi connectivity index (χ1) is 12.7. The molecular weight excluding hydrogens is 330 g/mol. The molecule has 0 spiro atoms. The highest BCUT2D eigenvalue weighted by Crippen LogP contribution is 2.29. The van der Waals surface area contributed by atoms with Gasteiger partial charge in [0.25, 0.3) is 0 Å². The van der Waals surface area contributed by atoms with Crippen LogP contribution >= 0.6 is 0 Å². The summed E-state index contributed by atoms with van der Waals surface area (Å²) in [5.74, 6) is 2.26. The molecule has 27 heavy (non-hydrogen) atoms. The number of ether oxygens (including phenoxy) is 1. The molecule has 0 amide bonds. The molecule has 2 nitrogen and oxygen atoms in total. The van der Waals surface area contributed by atoms with Gasteiger partial charge in [-0.25, -0.2) is 0 Å². The second kappa shape index (κ2) is 9.41. The van der Waals surface area contributed by atoms with Crippen molar-refractivity contribution in [2.45, 2.75) is 73.1 Å². The van der Waals surface area contributed by atoms with Crippen LogP contribution in [-0.4, -0.2) is 6.23 Å². The van der Waals surface area contributed by atoms with Gasteiger partial charge in [-0.2, -0.15) is 0 Å². The van der Waals surface area contributed by atoms with Crippen molar-refractivity contribution >= 4 is 0 Å². The van der Waals surface area contributed by atoms with Crippen LogP contribution in [0.1, 0.15) is 65.2 Å². The maximum Gasteiger partial charge on any atom is 0.148 e. The Labute approximate surface area is 166 Å². The highest BCUT2D eigenvalue weighted by molar-refractivity contribution is 5.41. The van der Waals surface area contributed by atoms with Crippen LogP contribution in [0.15, 0.2) is 48.5 Å². The minimum Gasteiger partial charge on any atom is -0.475 e. The van der Waals surface area contributed by atoms with E-state index in [9.17, 15) is 0 Å². The highest BCUT2D eigenvalue weighted by atomic mass is 16.5. The molecule has 148 valence electrons. The zero-order chi connectivity index (χ0) is 20.0. The third kappa shape index (κ3) is 6.39. The molecule has 0 heterocycles. The van der Waals surface area contributed by atoms with Gasteiger partial charge in [0, 0.05) is 5.54 Å². The number of hydrogen-bond donors (Lipinski definition) is 1. The molecule has 0 saturated heterocycles. The molecule has 0 aliphatic heterocycles. The van der Waals surface area contributed by atoms with E-state index in [1.54, 1.807) is 0 Å². The number of rotatable bonds is 9. The van der Waals surface area contributed by atoms with Crippen molar-refractivity contribution in [1.82, 2.24) is 5.32 Å². The van der Waals surface area contributed by atoms with Crippen molar-refractivity contribution in [3.05, 3.63) is 65.2 Å². The van der Waals surface area contributed by atoms with E-state index in [0.29, 0.717) is 11.8 Å². The molecule has 2 rings (SSSR count). The fourth-order valence-corrected chi connectivity index (χ4v) is 3.66. The lowest BCUT2D eigenvalue weighted by molar-refractivity contribution is 0.139. The minimum atomic E-state index is -0.158. The van der Waals surface area contributed by atoms with Gasteiger partial charge in [0.2, 0.25) is 0 Å². The van der Waals surface area contributed by atoms with Crippen molar-refractivity contribution in [1.29, 1.82) is 0 Å². The number of hydrogen-bond acceptors (Lipinski definition) is 2. The number of benzene rings is 2. The summed E-state index contributed by atoms with van der Waals surface area (Å²) in [5, 5.41) is 3.64. The van der Waals surface area contributed by atoms with Crippen LogP contribution in [0.3, 0.4) is 0 Å². The second-order valence-electron chi connectivity index (χ2n) is 8.99. The molecule has 0 radical (unpaired) electrons. The van der Waals surface area contributed by atoms with Crippen LogP contribution in [0.4, 0.5) is 0 Å². The predicted octanol–water partition coefficient (Wildman–Crippen LogP) is 6.33. The van der Waals surface area contributed by atoms with E-state index in [1.807, 2.05) is 0 Å². The predicted molar refractivity (Wildman–Crippen MR) is 116 cm³/mol. The summed E-state index contributed by atoms with van der Waals surface area (Å²) in [6.07, 6.45) is 2.06. The quantitative estimate of drug-likeness (QED) is 0.523. The van der Waals surface area contributed by atoms with E-state index in [1.165, 1.54) is 16.7 Å². The van der Waals surface area contributed by atoms with Gasteiger partial charge in [0.05, 0.1) is 0 Å². The topological polar surface area (TPSA) is 21.3 Å². The van der Waals surface area contributed by atoms with E-state index in [4.69, 9.17) is 4.74 Å². The lowest BCUT2D eigenvalue weighted by atomic mass is 9.92. The van der Waals surface area contributed by atoms with E-state index in [-0.39, 0.29) is 11.8 Å². The molecule has 1 N–H and O–H groups in total. The summed E-state index contributed by atoms with van der Waals surface area (Å²) in [5.41, 5.74) is 3.89. The Balaban J connectivity index is 2.20. The van der Waals surface area contributed by atoms with Crippen LogP contribution in [-0.2, 0) is 18.4 Å². The zero-order valence-corrected chi connectivity index (χ0v) is 18.2. The Morgan fingerprint density at radius 3 is 2.04 bits per heavy atom. The summed E-state index contributed by atoms with van der Waals surface area (Å²) < 4.78 is 6.41. The first-order valence-corrected chi connectivity index (χ1v) is 10.3. The summed E-state index contributed by atoms with van der Waals surface area (Å²) in [6, 6.07) is 17.1. The van der Waals surface area contributed by atoms with E-state index >= 15 is 0 Å². The standard InChI is InChI=1S/C25H37NO/c1-18(2)16-21-12-11-15-24(23(21)17-19(3)4)27-20(5)26-25(6,7)22-13-9-8-10-14-22/h8-15,18-20,26H,16-17H2,1-7H3. The first kappa shape index (κ1) is 21.5. The smallest absolute Gasteiger partial charge is 0.148 e. The lowest BCUT2D eigenvalue weighted by Crippen LogP contribution is -2.45. The molecule has 0 aliphatic rings. The minimum absolute atomic E-state index is 0.0829. The van der Waals surface area contributed by atoms with Crippen molar-refractivity contribution in [3.63, 3.8) is 0 Å². The van der Waals surface area contributed by atoms with Crippen molar-refractivity contribution in [3.8, 4) is 5.75 Å². The maximum atomic E-state index is 6.41. The van der Waals surface area contributed by atoms with Gasteiger partial charge in [-0.3, -0.25) is 5.32 Å². The Morgan fingerprint density at radius 2 is 1.44 bits per heavy atom. The Kier molecular flexibility index (Phi) is 7.49. The third-order valence-corrected chi connectivity index (χ3v) is 4.83. The second-order valence-corrected chi connectivity index (χ2v) is 8.99. The normalized spacial score (nSPS) is 13.2.